The fourth-order valence-corrected chi connectivity index (χ4v) is 2.31. The van der Waals surface area contributed by atoms with Crippen molar-refractivity contribution in [2.75, 3.05) is 7.11 Å². The van der Waals surface area contributed by atoms with Gasteiger partial charge in [0.2, 0.25) is 5.88 Å². The predicted octanol–water partition coefficient (Wildman–Crippen LogP) is 3.18. The van der Waals surface area contributed by atoms with Crippen molar-refractivity contribution in [2.45, 2.75) is 0 Å². The summed E-state index contributed by atoms with van der Waals surface area (Å²) >= 11 is 0. The van der Waals surface area contributed by atoms with Gasteiger partial charge in [-0.2, -0.15) is 4.98 Å². The number of nitrogens with zero attached hydrogens (tertiary/aromatic N) is 3. The van der Waals surface area contributed by atoms with Crippen LogP contribution in [0.4, 0.5) is 0 Å². The van der Waals surface area contributed by atoms with Crippen molar-refractivity contribution in [1.29, 1.82) is 0 Å². The first kappa shape index (κ1) is 11.8. The van der Waals surface area contributed by atoms with Crippen LogP contribution in [0, 0.1) is 0 Å². The number of imidazole rings is 1. The number of rotatable bonds is 2. The van der Waals surface area contributed by atoms with Gasteiger partial charge in [0, 0.05) is 11.5 Å². The monoisotopic (exact) mass is 276 g/mol. The summed E-state index contributed by atoms with van der Waals surface area (Å²) < 4.78 is 5.11. The van der Waals surface area contributed by atoms with Gasteiger partial charge in [-0.15, -0.1) is 0 Å². The second-order valence-corrected chi connectivity index (χ2v) is 4.70. The molecule has 3 heterocycles. The molecule has 0 atom stereocenters. The SMILES string of the molecule is COc1ccc2[nH]c(-c3ccc4ccccc4n3)nc2n1. The lowest BCUT2D eigenvalue weighted by molar-refractivity contribution is 0.399. The molecule has 0 aliphatic carbocycles. The van der Waals surface area contributed by atoms with E-state index in [0.29, 0.717) is 17.4 Å². The Morgan fingerprint density at radius 2 is 1.81 bits per heavy atom. The Labute approximate surface area is 120 Å². The first-order valence-electron chi connectivity index (χ1n) is 6.60. The molecule has 0 aliphatic heterocycles. The van der Waals surface area contributed by atoms with Gasteiger partial charge in [0.1, 0.15) is 5.69 Å². The van der Waals surface area contributed by atoms with Crippen LogP contribution in [0.5, 0.6) is 5.88 Å². The molecule has 0 spiro atoms. The van der Waals surface area contributed by atoms with Gasteiger partial charge in [0.25, 0.3) is 0 Å². The molecule has 4 rings (SSSR count). The van der Waals surface area contributed by atoms with E-state index in [4.69, 9.17) is 4.74 Å². The average Bonchev–Trinajstić information content (AvgIpc) is 2.97. The van der Waals surface area contributed by atoms with Gasteiger partial charge in [0.15, 0.2) is 11.5 Å². The van der Waals surface area contributed by atoms with Crippen LogP contribution in [0.2, 0.25) is 0 Å². The van der Waals surface area contributed by atoms with E-state index in [9.17, 15) is 0 Å². The van der Waals surface area contributed by atoms with Gasteiger partial charge in [-0.1, -0.05) is 24.3 Å². The second-order valence-electron chi connectivity index (χ2n) is 4.70. The number of aromatic nitrogens is 4. The number of hydrogen-bond acceptors (Lipinski definition) is 4. The maximum Gasteiger partial charge on any atom is 0.215 e. The quantitative estimate of drug-likeness (QED) is 0.610. The van der Waals surface area contributed by atoms with Crippen LogP contribution < -0.4 is 4.74 Å². The van der Waals surface area contributed by atoms with Crippen LogP contribution in [-0.2, 0) is 0 Å². The largest absolute Gasteiger partial charge is 0.481 e. The molecule has 0 saturated carbocycles. The molecule has 102 valence electrons. The molecule has 5 heteroatoms. The highest BCUT2D eigenvalue weighted by Crippen LogP contribution is 2.22. The minimum Gasteiger partial charge on any atom is -0.481 e. The molecule has 0 unspecified atom stereocenters. The normalized spacial score (nSPS) is 11.1. The summed E-state index contributed by atoms with van der Waals surface area (Å²) in [6.07, 6.45) is 0. The van der Waals surface area contributed by atoms with Crippen molar-refractivity contribution in [3.8, 4) is 17.4 Å². The summed E-state index contributed by atoms with van der Waals surface area (Å²) in [6, 6.07) is 15.7. The Bertz CT molecular complexity index is 945. The first-order chi connectivity index (χ1) is 10.3. The van der Waals surface area contributed by atoms with Crippen molar-refractivity contribution in [3.05, 3.63) is 48.5 Å². The Balaban J connectivity index is 1.87. The fourth-order valence-electron chi connectivity index (χ4n) is 2.31. The summed E-state index contributed by atoms with van der Waals surface area (Å²) in [5.74, 6) is 1.25. The molecule has 0 radical (unpaired) electrons. The molecular weight excluding hydrogens is 264 g/mol. The lowest BCUT2D eigenvalue weighted by atomic mass is 10.2. The highest BCUT2D eigenvalue weighted by Gasteiger charge is 2.09. The van der Waals surface area contributed by atoms with Crippen molar-refractivity contribution in [2.24, 2.45) is 0 Å². The van der Waals surface area contributed by atoms with Crippen LogP contribution >= 0.6 is 0 Å². The zero-order chi connectivity index (χ0) is 14.2. The molecule has 4 aromatic rings. The maximum atomic E-state index is 5.11. The maximum absolute atomic E-state index is 5.11. The Morgan fingerprint density at radius 3 is 2.71 bits per heavy atom. The van der Waals surface area contributed by atoms with Crippen LogP contribution in [0.1, 0.15) is 0 Å². The third-order valence-corrected chi connectivity index (χ3v) is 3.37. The Hall–Kier alpha value is -2.95. The van der Waals surface area contributed by atoms with Crippen LogP contribution in [0.15, 0.2) is 48.5 Å². The number of fused-ring (bicyclic) bond motifs is 2. The zero-order valence-electron chi connectivity index (χ0n) is 11.4. The first-order valence-corrected chi connectivity index (χ1v) is 6.60. The van der Waals surface area contributed by atoms with Gasteiger partial charge in [0.05, 0.1) is 18.1 Å². The van der Waals surface area contributed by atoms with Gasteiger partial charge >= 0.3 is 0 Å². The van der Waals surface area contributed by atoms with E-state index in [-0.39, 0.29) is 0 Å². The molecule has 3 aromatic heterocycles. The molecule has 1 aromatic carbocycles. The van der Waals surface area contributed by atoms with E-state index < -0.39 is 0 Å². The molecule has 5 nitrogen and oxygen atoms in total. The number of ether oxygens (including phenoxy) is 1. The van der Waals surface area contributed by atoms with Crippen molar-refractivity contribution < 1.29 is 4.74 Å². The van der Waals surface area contributed by atoms with Crippen LogP contribution in [0.3, 0.4) is 0 Å². The van der Waals surface area contributed by atoms with E-state index in [0.717, 1.165) is 22.1 Å². The lowest BCUT2D eigenvalue weighted by Gasteiger charge is -1.99. The number of para-hydroxylation sites is 1. The number of benzene rings is 1. The molecule has 0 amide bonds. The summed E-state index contributed by atoms with van der Waals surface area (Å²) in [6.45, 7) is 0. The lowest BCUT2D eigenvalue weighted by Crippen LogP contribution is -1.87. The van der Waals surface area contributed by atoms with E-state index in [1.165, 1.54) is 0 Å². The fraction of sp³-hybridized carbons (Fsp3) is 0.0625. The molecule has 1 N–H and O–H groups in total. The number of pyridine rings is 2. The topological polar surface area (TPSA) is 63.7 Å². The number of H-pyrrole nitrogens is 1. The van der Waals surface area contributed by atoms with Crippen LogP contribution in [-0.4, -0.2) is 27.0 Å². The summed E-state index contributed by atoms with van der Waals surface area (Å²) in [7, 11) is 1.59. The number of nitrogens with one attached hydrogen (secondary N) is 1. The molecule has 21 heavy (non-hydrogen) atoms. The second kappa shape index (κ2) is 4.56. The van der Waals surface area contributed by atoms with Crippen molar-refractivity contribution in [1.82, 2.24) is 19.9 Å². The van der Waals surface area contributed by atoms with Crippen LogP contribution in [0.25, 0.3) is 33.6 Å². The molecule has 0 bridgehead atoms. The van der Waals surface area contributed by atoms with E-state index in [2.05, 4.69) is 19.9 Å². The average molecular weight is 276 g/mol. The van der Waals surface area contributed by atoms with E-state index >= 15 is 0 Å². The number of aromatic amines is 1. The van der Waals surface area contributed by atoms with E-state index in [1.807, 2.05) is 42.5 Å². The Kier molecular flexibility index (Phi) is 2.57. The zero-order valence-corrected chi connectivity index (χ0v) is 11.4. The third-order valence-electron chi connectivity index (χ3n) is 3.37. The smallest absolute Gasteiger partial charge is 0.215 e. The highest BCUT2D eigenvalue weighted by atomic mass is 16.5. The van der Waals surface area contributed by atoms with Gasteiger partial charge < -0.3 is 9.72 Å². The minimum atomic E-state index is 0.548. The predicted molar refractivity (Wildman–Crippen MR) is 81.2 cm³/mol. The van der Waals surface area contributed by atoms with Gasteiger partial charge in [-0.25, -0.2) is 9.97 Å². The molecular formula is C16H12N4O. The van der Waals surface area contributed by atoms with E-state index in [1.54, 1.807) is 13.2 Å². The van der Waals surface area contributed by atoms with Gasteiger partial charge in [-0.3, -0.25) is 0 Å². The number of hydrogen-bond donors (Lipinski definition) is 1. The summed E-state index contributed by atoms with van der Waals surface area (Å²) in [4.78, 5) is 16.7. The summed E-state index contributed by atoms with van der Waals surface area (Å²) in [5, 5.41) is 1.11. The summed E-state index contributed by atoms with van der Waals surface area (Å²) in [5.41, 5.74) is 3.23. The van der Waals surface area contributed by atoms with Gasteiger partial charge in [-0.05, 0) is 18.2 Å². The Morgan fingerprint density at radius 1 is 0.905 bits per heavy atom. The molecule has 0 fully saturated rings. The molecule has 0 saturated heterocycles. The highest BCUT2D eigenvalue weighted by molar-refractivity contribution is 5.82. The standard InChI is InChI=1S/C16H12N4O/c1-21-14-9-8-13-16(19-14)20-15(18-13)12-7-6-10-4-2-3-5-11(10)17-12/h2-9H,1H3,(H,18,19,20). The number of methoxy groups -OCH3 is 1. The van der Waals surface area contributed by atoms with Crippen molar-refractivity contribution in [3.63, 3.8) is 0 Å². The van der Waals surface area contributed by atoms with Crippen molar-refractivity contribution >= 4 is 22.1 Å². The minimum absolute atomic E-state index is 0.548. The molecule has 0 aliphatic rings. The third kappa shape index (κ3) is 1.99.